The SMILES string of the molecule is COc1ccccc1NC1CC2=C(CC1(C)C)C(C)(C)CCC2. The van der Waals surface area contributed by atoms with E-state index in [1.165, 1.54) is 32.1 Å². The molecule has 2 aliphatic carbocycles. The van der Waals surface area contributed by atoms with Crippen LogP contribution in [0.25, 0.3) is 0 Å². The molecule has 0 aliphatic heterocycles. The van der Waals surface area contributed by atoms with Crippen LogP contribution >= 0.6 is 0 Å². The number of rotatable bonds is 3. The van der Waals surface area contributed by atoms with Crippen LogP contribution < -0.4 is 10.1 Å². The largest absolute Gasteiger partial charge is 0.495 e. The molecule has 0 heterocycles. The highest BCUT2D eigenvalue weighted by Crippen LogP contribution is 2.52. The summed E-state index contributed by atoms with van der Waals surface area (Å²) in [7, 11) is 1.75. The van der Waals surface area contributed by atoms with Crippen LogP contribution in [0.5, 0.6) is 5.75 Å². The predicted octanol–water partition coefficient (Wildman–Crippen LogP) is 5.80. The van der Waals surface area contributed by atoms with E-state index in [0.717, 1.165) is 11.4 Å². The lowest BCUT2D eigenvalue weighted by Gasteiger charge is -2.48. The summed E-state index contributed by atoms with van der Waals surface area (Å²) in [6.45, 7) is 9.69. The summed E-state index contributed by atoms with van der Waals surface area (Å²) in [4.78, 5) is 0. The summed E-state index contributed by atoms with van der Waals surface area (Å²) in [5, 5.41) is 3.79. The van der Waals surface area contributed by atoms with Gasteiger partial charge in [-0.3, -0.25) is 0 Å². The molecular weight excluding hydrogens is 282 g/mol. The summed E-state index contributed by atoms with van der Waals surface area (Å²) in [5.74, 6) is 0.937. The van der Waals surface area contributed by atoms with Gasteiger partial charge in [0, 0.05) is 6.04 Å². The van der Waals surface area contributed by atoms with Gasteiger partial charge in [0.05, 0.1) is 12.8 Å². The van der Waals surface area contributed by atoms with E-state index in [0.29, 0.717) is 11.5 Å². The van der Waals surface area contributed by atoms with E-state index in [9.17, 15) is 0 Å². The van der Waals surface area contributed by atoms with Gasteiger partial charge in [-0.2, -0.15) is 0 Å². The third-order valence-corrected chi connectivity index (χ3v) is 5.99. The van der Waals surface area contributed by atoms with Crippen molar-refractivity contribution >= 4 is 5.69 Å². The summed E-state index contributed by atoms with van der Waals surface area (Å²) in [5.41, 5.74) is 5.22. The van der Waals surface area contributed by atoms with Crippen LogP contribution in [-0.4, -0.2) is 13.2 Å². The van der Waals surface area contributed by atoms with Crippen molar-refractivity contribution in [1.82, 2.24) is 0 Å². The molecular formula is C21H31NO. The molecule has 23 heavy (non-hydrogen) atoms. The zero-order valence-corrected chi connectivity index (χ0v) is 15.3. The lowest BCUT2D eigenvalue weighted by atomic mass is 9.60. The van der Waals surface area contributed by atoms with Crippen molar-refractivity contribution in [3.05, 3.63) is 35.4 Å². The van der Waals surface area contributed by atoms with Gasteiger partial charge in [0.15, 0.2) is 0 Å². The Bertz CT molecular complexity index is 612. The second-order valence-electron chi connectivity index (χ2n) is 8.59. The average molecular weight is 313 g/mol. The molecule has 1 atom stereocenters. The molecule has 2 aliphatic rings. The van der Waals surface area contributed by atoms with E-state index < -0.39 is 0 Å². The molecule has 1 aromatic carbocycles. The standard InChI is InChI=1S/C21H31NO/c1-20(2)12-8-9-15-13-19(21(3,4)14-16(15)20)22-17-10-6-7-11-18(17)23-5/h6-7,10-11,19,22H,8-9,12-14H2,1-5H3. The van der Waals surface area contributed by atoms with Crippen molar-refractivity contribution in [1.29, 1.82) is 0 Å². The fourth-order valence-electron chi connectivity index (χ4n) is 4.41. The first kappa shape index (κ1) is 16.4. The highest BCUT2D eigenvalue weighted by molar-refractivity contribution is 5.57. The molecule has 1 N–H and O–H groups in total. The second kappa shape index (κ2) is 5.89. The molecule has 1 unspecified atom stereocenters. The van der Waals surface area contributed by atoms with Crippen molar-refractivity contribution in [2.45, 2.75) is 65.8 Å². The molecule has 0 saturated heterocycles. The van der Waals surface area contributed by atoms with Crippen LogP contribution in [0.3, 0.4) is 0 Å². The van der Waals surface area contributed by atoms with E-state index in [1.54, 1.807) is 18.3 Å². The van der Waals surface area contributed by atoms with Gasteiger partial charge in [0.25, 0.3) is 0 Å². The molecule has 0 fully saturated rings. The van der Waals surface area contributed by atoms with Crippen LogP contribution in [0.4, 0.5) is 5.69 Å². The minimum Gasteiger partial charge on any atom is -0.495 e. The number of hydrogen-bond acceptors (Lipinski definition) is 2. The molecule has 0 aromatic heterocycles. The summed E-state index contributed by atoms with van der Waals surface area (Å²) in [6.07, 6.45) is 6.35. The molecule has 126 valence electrons. The number of para-hydroxylation sites is 2. The van der Waals surface area contributed by atoms with Gasteiger partial charge in [-0.05, 0) is 55.1 Å². The Balaban J connectivity index is 1.88. The Morgan fingerprint density at radius 2 is 1.87 bits per heavy atom. The predicted molar refractivity (Wildman–Crippen MR) is 98.1 cm³/mol. The lowest BCUT2D eigenvalue weighted by Crippen LogP contribution is -2.43. The molecule has 0 amide bonds. The maximum absolute atomic E-state index is 5.52. The molecule has 3 rings (SSSR count). The van der Waals surface area contributed by atoms with Crippen molar-refractivity contribution in [3.8, 4) is 5.75 Å². The van der Waals surface area contributed by atoms with Crippen molar-refractivity contribution in [3.63, 3.8) is 0 Å². The van der Waals surface area contributed by atoms with Gasteiger partial charge in [0.1, 0.15) is 5.75 Å². The third-order valence-electron chi connectivity index (χ3n) is 5.99. The quantitative estimate of drug-likeness (QED) is 0.712. The van der Waals surface area contributed by atoms with Gasteiger partial charge in [-0.25, -0.2) is 0 Å². The van der Waals surface area contributed by atoms with E-state index in [2.05, 4.69) is 45.1 Å². The minimum absolute atomic E-state index is 0.258. The van der Waals surface area contributed by atoms with Gasteiger partial charge < -0.3 is 10.1 Å². The Kier molecular flexibility index (Phi) is 4.20. The number of ether oxygens (including phenoxy) is 1. The molecule has 1 aromatic rings. The fraction of sp³-hybridized carbons (Fsp3) is 0.619. The Labute approximate surface area is 141 Å². The molecule has 2 heteroatoms. The maximum atomic E-state index is 5.52. The molecule has 0 bridgehead atoms. The lowest BCUT2D eigenvalue weighted by molar-refractivity contribution is 0.225. The van der Waals surface area contributed by atoms with Crippen LogP contribution in [-0.2, 0) is 0 Å². The first-order valence-corrected chi connectivity index (χ1v) is 8.94. The minimum atomic E-state index is 0.258. The van der Waals surface area contributed by atoms with E-state index in [-0.39, 0.29) is 5.41 Å². The summed E-state index contributed by atoms with van der Waals surface area (Å²) >= 11 is 0. The van der Waals surface area contributed by atoms with Crippen LogP contribution in [0, 0.1) is 10.8 Å². The Hall–Kier alpha value is -1.44. The number of methoxy groups -OCH3 is 1. The van der Waals surface area contributed by atoms with Gasteiger partial charge >= 0.3 is 0 Å². The number of hydrogen-bond donors (Lipinski definition) is 1. The second-order valence-corrected chi connectivity index (χ2v) is 8.59. The van der Waals surface area contributed by atoms with Gasteiger partial charge in [-0.1, -0.05) is 51.0 Å². The topological polar surface area (TPSA) is 21.3 Å². The fourth-order valence-corrected chi connectivity index (χ4v) is 4.41. The number of benzene rings is 1. The highest BCUT2D eigenvalue weighted by atomic mass is 16.5. The monoisotopic (exact) mass is 313 g/mol. The zero-order valence-electron chi connectivity index (χ0n) is 15.3. The first-order valence-electron chi connectivity index (χ1n) is 8.94. The summed E-state index contributed by atoms with van der Waals surface area (Å²) in [6, 6.07) is 8.73. The first-order chi connectivity index (χ1) is 10.8. The Morgan fingerprint density at radius 1 is 1.13 bits per heavy atom. The molecule has 0 radical (unpaired) electrons. The van der Waals surface area contributed by atoms with Crippen LogP contribution in [0.1, 0.15) is 59.8 Å². The number of anilines is 1. The normalized spacial score (nSPS) is 25.7. The van der Waals surface area contributed by atoms with E-state index in [1.807, 2.05) is 12.1 Å². The highest BCUT2D eigenvalue weighted by Gasteiger charge is 2.42. The summed E-state index contributed by atoms with van der Waals surface area (Å²) < 4.78 is 5.52. The van der Waals surface area contributed by atoms with Gasteiger partial charge in [0.2, 0.25) is 0 Å². The number of nitrogens with one attached hydrogen (secondary N) is 1. The van der Waals surface area contributed by atoms with Crippen LogP contribution in [0.15, 0.2) is 35.4 Å². The molecule has 0 saturated carbocycles. The molecule has 0 spiro atoms. The van der Waals surface area contributed by atoms with E-state index in [4.69, 9.17) is 4.74 Å². The Morgan fingerprint density at radius 3 is 2.61 bits per heavy atom. The van der Waals surface area contributed by atoms with Gasteiger partial charge in [-0.15, -0.1) is 0 Å². The van der Waals surface area contributed by atoms with Crippen molar-refractivity contribution in [2.75, 3.05) is 12.4 Å². The number of allylic oxidation sites excluding steroid dienone is 1. The van der Waals surface area contributed by atoms with E-state index >= 15 is 0 Å². The van der Waals surface area contributed by atoms with Crippen molar-refractivity contribution < 1.29 is 4.74 Å². The third kappa shape index (κ3) is 3.13. The molecule has 2 nitrogen and oxygen atoms in total. The maximum Gasteiger partial charge on any atom is 0.141 e. The average Bonchev–Trinajstić information content (AvgIpc) is 2.49. The smallest absolute Gasteiger partial charge is 0.141 e. The zero-order chi connectivity index (χ0) is 16.7. The van der Waals surface area contributed by atoms with Crippen molar-refractivity contribution in [2.24, 2.45) is 10.8 Å². The van der Waals surface area contributed by atoms with Crippen LogP contribution in [0.2, 0.25) is 0 Å².